The van der Waals surface area contributed by atoms with Gasteiger partial charge in [0.1, 0.15) is 13.2 Å². The van der Waals surface area contributed by atoms with E-state index in [1.165, 1.54) is 154 Å². The average molecular weight is 1070 g/mol. The number of rotatable bonds is 60. The van der Waals surface area contributed by atoms with Crippen LogP contribution in [0.3, 0.4) is 0 Å². The lowest BCUT2D eigenvalue weighted by Crippen LogP contribution is -2.30. The summed E-state index contributed by atoms with van der Waals surface area (Å²) in [6.45, 7) is 6.50. The van der Waals surface area contributed by atoms with Gasteiger partial charge in [0.15, 0.2) is 6.10 Å². The van der Waals surface area contributed by atoms with Crippen LogP contribution >= 0.6 is 0 Å². The second-order valence-electron chi connectivity index (χ2n) is 22.0. The zero-order valence-electron chi connectivity index (χ0n) is 51.0. The van der Waals surface area contributed by atoms with Crippen molar-refractivity contribution in [2.75, 3.05) is 13.2 Å². The van der Waals surface area contributed by atoms with Gasteiger partial charge in [0, 0.05) is 19.3 Å². The third-order valence-electron chi connectivity index (χ3n) is 14.4. The van der Waals surface area contributed by atoms with Gasteiger partial charge < -0.3 is 14.2 Å². The topological polar surface area (TPSA) is 78.9 Å². The molecule has 0 aromatic heterocycles. The molecule has 0 aliphatic heterocycles. The van der Waals surface area contributed by atoms with Crippen molar-refractivity contribution in [3.63, 3.8) is 0 Å². The highest BCUT2D eigenvalue weighted by Crippen LogP contribution is 2.17. The van der Waals surface area contributed by atoms with Crippen molar-refractivity contribution in [2.24, 2.45) is 0 Å². The molecule has 1 atom stereocenters. The standard InChI is InChI=1S/C71H124O6/c1-4-7-10-13-16-19-22-25-28-30-32-34-35-36-38-39-41-43-46-49-52-55-58-61-64-70(73)76-67-68(66-75-69(72)63-60-57-54-51-48-45-27-24-21-18-15-12-9-6-3)77-71(74)65-62-59-56-53-50-47-44-42-40-37-33-31-29-26-23-20-17-14-11-8-5-2/h8,11,15,17-18,20,24,26-27,29,33,37,42,44,68H,4-7,9-10,12-14,16,19,21-23,25,28,30-32,34-36,38-41,43,45-67H2,1-3H3/b11-8-,18-15-,20-17-,27-24-,29-26-,37-33-,44-42-. The van der Waals surface area contributed by atoms with Gasteiger partial charge in [-0.1, -0.05) is 305 Å². The Bertz CT molecular complexity index is 1470. The van der Waals surface area contributed by atoms with E-state index in [0.29, 0.717) is 19.3 Å². The highest BCUT2D eigenvalue weighted by Gasteiger charge is 2.19. The Kier molecular flexibility index (Phi) is 62.2. The maximum absolute atomic E-state index is 12.9. The summed E-state index contributed by atoms with van der Waals surface area (Å²) < 4.78 is 16.9. The molecule has 0 saturated carbocycles. The van der Waals surface area contributed by atoms with Crippen LogP contribution in [0.2, 0.25) is 0 Å². The molecule has 0 aliphatic carbocycles. The van der Waals surface area contributed by atoms with Gasteiger partial charge in [-0.25, -0.2) is 0 Å². The van der Waals surface area contributed by atoms with Crippen molar-refractivity contribution < 1.29 is 28.6 Å². The zero-order valence-corrected chi connectivity index (χ0v) is 51.0. The lowest BCUT2D eigenvalue weighted by Gasteiger charge is -2.18. The predicted molar refractivity (Wildman–Crippen MR) is 334 cm³/mol. The zero-order chi connectivity index (χ0) is 55.7. The Morgan fingerprint density at radius 1 is 0.273 bits per heavy atom. The normalized spacial score (nSPS) is 12.6. The largest absolute Gasteiger partial charge is 0.462 e. The van der Waals surface area contributed by atoms with Crippen molar-refractivity contribution >= 4 is 17.9 Å². The van der Waals surface area contributed by atoms with E-state index >= 15 is 0 Å². The number of carbonyl (C=O) groups excluding carboxylic acids is 3. The van der Waals surface area contributed by atoms with Crippen molar-refractivity contribution in [1.82, 2.24) is 0 Å². The van der Waals surface area contributed by atoms with Gasteiger partial charge in [-0.15, -0.1) is 0 Å². The smallest absolute Gasteiger partial charge is 0.306 e. The van der Waals surface area contributed by atoms with Gasteiger partial charge in [-0.2, -0.15) is 0 Å². The summed E-state index contributed by atoms with van der Waals surface area (Å²) in [6.07, 6.45) is 86.0. The van der Waals surface area contributed by atoms with Crippen LogP contribution in [-0.2, 0) is 28.6 Å². The van der Waals surface area contributed by atoms with Crippen molar-refractivity contribution in [3.8, 4) is 0 Å². The lowest BCUT2D eigenvalue weighted by atomic mass is 10.0. The molecule has 6 nitrogen and oxygen atoms in total. The van der Waals surface area contributed by atoms with Gasteiger partial charge in [-0.3, -0.25) is 14.4 Å². The van der Waals surface area contributed by atoms with Gasteiger partial charge in [-0.05, 0) is 89.9 Å². The van der Waals surface area contributed by atoms with Crippen LogP contribution in [0.4, 0.5) is 0 Å². The molecule has 0 bridgehead atoms. The van der Waals surface area contributed by atoms with E-state index in [1.807, 2.05) is 0 Å². The molecule has 0 aromatic rings. The number of allylic oxidation sites excluding steroid dienone is 14. The van der Waals surface area contributed by atoms with Gasteiger partial charge in [0.25, 0.3) is 0 Å². The van der Waals surface area contributed by atoms with Crippen LogP contribution in [0, 0.1) is 0 Å². The molecule has 0 saturated heterocycles. The molecule has 1 unspecified atom stereocenters. The van der Waals surface area contributed by atoms with E-state index in [4.69, 9.17) is 14.2 Å². The van der Waals surface area contributed by atoms with Crippen LogP contribution in [0.1, 0.15) is 329 Å². The molecule has 0 fully saturated rings. The van der Waals surface area contributed by atoms with E-state index in [0.717, 1.165) is 135 Å². The second kappa shape index (κ2) is 65.1. The monoisotopic (exact) mass is 1070 g/mol. The number of unbranched alkanes of at least 4 members (excludes halogenated alkanes) is 35. The molecule has 0 aliphatic rings. The molecule has 0 heterocycles. The maximum atomic E-state index is 12.9. The van der Waals surface area contributed by atoms with Gasteiger partial charge >= 0.3 is 17.9 Å². The molecule has 0 N–H and O–H groups in total. The summed E-state index contributed by atoms with van der Waals surface area (Å²) in [7, 11) is 0. The summed E-state index contributed by atoms with van der Waals surface area (Å²) in [6, 6.07) is 0. The first-order valence-corrected chi connectivity index (χ1v) is 33.1. The lowest BCUT2D eigenvalue weighted by molar-refractivity contribution is -0.167. The third-order valence-corrected chi connectivity index (χ3v) is 14.4. The molecule has 0 spiro atoms. The second-order valence-corrected chi connectivity index (χ2v) is 22.0. The molecule has 0 rings (SSSR count). The summed E-state index contributed by atoms with van der Waals surface area (Å²) in [4.78, 5) is 38.3. The fraction of sp³-hybridized carbons (Fsp3) is 0.761. The first kappa shape index (κ1) is 73.6. The minimum absolute atomic E-state index is 0.0867. The SMILES string of the molecule is CC/C=C\C/C=C\C/C=C\C/C=C\C/C=C\CCCCCCCC(=O)OC(COC(=O)CCCCCCC/C=C\C/C=C\CCCC)COC(=O)CCCCCCCCCCCCCCCCCCCCCCCCCC. The number of esters is 3. The molecule has 6 heteroatoms. The first-order chi connectivity index (χ1) is 38.0. The van der Waals surface area contributed by atoms with Crippen molar-refractivity contribution in [1.29, 1.82) is 0 Å². The minimum Gasteiger partial charge on any atom is -0.462 e. The fourth-order valence-electron chi connectivity index (χ4n) is 9.43. The predicted octanol–water partition coefficient (Wildman–Crippen LogP) is 22.7. The quantitative estimate of drug-likeness (QED) is 0.0261. The van der Waals surface area contributed by atoms with Crippen LogP contribution in [-0.4, -0.2) is 37.2 Å². The van der Waals surface area contributed by atoms with Crippen LogP contribution < -0.4 is 0 Å². The fourth-order valence-corrected chi connectivity index (χ4v) is 9.43. The number of ether oxygens (including phenoxy) is 3. The summed E-state index contributed by atoms with van der Waals surface area (Å²) >= 11 is 0. The number of hydrogen-bond acceptors (Lipinski definition) is 6. The van der Waals surface area contributed by atoms with Crippen LogP contribution in [0.5, 0.6) is 0 Å². The summed E-state index contributed by atoms with van der Waals surface area (Å²) in [5.41, 5.74) is 0. The number of carbonyl (C=O) groups is 3. The molecular formula is C71H124O6. The summed E-state index contributed by atoms with van der Waals surface area (Å²) in [5, 5.41) is 0. The Morgan fingerprint density at radius 3 is 0.831 bits per heavy atom. The van der Waals surface area contributed by atoms with Gasteiger partial charge in [0.05, 0.1) is 0 Å². The van der Waals surface area contributed by atoms with Gasteiger partial charge in [0.2, 0.25) is 0 Å². The van der Waals surface area contributed by atoms with E-state index in [9.17, 15) is 14.4 Å². The molecule has 0 radical (unpaired) electrons. The Morgan fingerprint density at radius 2 is 0.519 bits per heavy atom. The molecule has 0 amide bonds. The van der Waals surface area contributed by atoms with E-state index < -0.39 is 6.10 Å². The van der Waals surface area contributed by atoms with Crippen molar-refractivity contribution in [3.05, 3.63) is 85.1 Å². The minimum atomic E-state index is -0.794. The first-order valence-electron chi connectivity index (χ1n) is 33.1. The third kappa shape index (κ3) is 63.3. The highest BCUT2D eigenvalue weighted by atomic mass is 16.6. The Balaban J connectivity index is 4.34. The van der Waals surface area contributed by atoms with Crippen LogP contribution in [0.25, 0.3) is 0 Å². The van der Waals surface area contributed by atoms with E-state index in [1.54, 1.807) is 0 Å². The maximum Gasteiger partial charge on any atom is 0.306 e. The Hall–Kier alpha value is -3.41. The Labute approximate surface area is 477 Å². The highest BCUT2D eigenvalue weighted by molar-refractivity contribution is 5.71. The molecular weight excluding hydrogens is 949 g/mol. The number of hydrogen-bond donors (Lipinski definition) is 0. The average Bonchev–Trinajstić information content (AvgIpc) is 3.43. The molecule has 444 valence electrons. The van der Waals surface area contributed by atoms with E-state index in [2.05, 4.69) is 106 Å². The van der Waals surface area contributed by atoms with E-state index in [-0.39, 0.29) is 31.1 Å². The van der Waals surface area contributed by atoms with Crippen LogP contribution in [0.15, 0.2) is 85.1 Å². The summed E-state index contributed by atoms with van der Waals surface area (Å²) in [5.74, 6) is -0.906. The molecule has 77 heavy (non-hydrogen) atoms. The molecule has 0 aromatic carbocycles. The van der Waals surface area contributed by atoms with Crippen molar-refractivity contribution in [2.45, 2.75) is 335 Å².